The maximum absolute atomic E-state index is 5.78. The van der Waals surface area contributed by atoms with E-state index < -0.39 is 0 Å². The van der Waals surface area contributed by atoms with Crippen LogP contribution in [0.25, 0.3) is 0 Å². The second-order valence-electron chi connectivity index (χ2n) is 5.35. The third kappa shape index (κ3) is 2.68. The Balaban J connectivity index is 2.04. The Morgan fingerprint density at radius 1 is 1.39 bits per heavy atom. The molecule has 100 valence electrons. The number of rotatable bonds is 5. The van der Waals surface area contributed by atoms with Crippen molar-refractivity contribution >= 4 is 17.3 Å². The van der Waals surface area contributed by atoms with E-state index in [0.29, 0.717) is 11.5 Å². The molecule has 1 atom stereocenters. The fourth-order valence-electron chi connectivity index (χ4n) is 2.54. The Bertz CT molecular complexity index is 401. The first kappa shape index (κ1) is 13.0. The molecule has 0 aliphatic heterocycles. The lowest BCUT2D eigenvalue weighted by atomic mass is 9.76. The van der Waals surface area contributed by atoms with Crippen molar-refractivity contribution in [2.75, 3.05) is 29.5 Å². The van der Waals surface area contributed by atoms with Crippen molar-refractivity contribution in [1.29, 1.82) is 0 Å². The number of aromatic nitrogens is 1. The van der Waals surface area contributed by atoms with Gasteiger partial charge in [-0.2, -0.15) is 0 Å². The minimum absolute atomic E-state index is 0.433. The monoisotopic (exact) mass is 248 g/mol. The minimum atomic E-state index is 0.433. The van der Waals surface area contributed by atoms with E-state index in [0.717, 1.165) is 30.7 Å². The lowest BCUT2D eigenvalue weighted by Gasteiger charge is -2.35. The molecule has 1 fully saturated rings. The van der Waals surface area contributed by atoms with Gasteiger partial charge in [0.15, 0.2) is 0 Å². The predicted octanol–water partition coefficient (Wildman–Crippen LogP) is 2.51. The summed E-state index contributed by atoms with van der Waals surface area (Å²) in [5.74, 6) is 2.99. The zero-order chi connectivity index (χ0) is 13.1. The standard InChI is InChI=1S/C14H24N4/c1-3-18(9-10(2)11-5-4-6-11)13-8-7-12(15)14(16)17-13/h7-8,10-11H,3-6,9,15H2,1-2H3,(H2,16,17). The molecular formula is C14H24N4. The SMILES string of the molecule is CCN(CC(C)C1CCC1)c1ccc(N)c(N)n1. The number of pyridine rings is 1. The molecule has 18 heavy (non-hydrogen) atoms. The Hall–Kier alpha value is -1.45. The van der Waals surface area contributed by atoms with E-state index >= 15 is 0 Å². The zero-order valence-electron chi connectivity index (χ0n) is 11.4. The van der Waals surface area contributed by atoms with Crippen molar-refractivity contribution in [2.24, 2.45) is 11.8 Å². The molecule has 4 heteroatoms. The van der Waals surface area contributed by atoms with Gasteiger partial charge in [-0.15, -0.1) is 0 Å². The smallest absolute Gasteiger partial charge is 0.149 e. The van der Waals surface area contributed by atoms with Crippen LogP contribution in [0.5, 0.6) is 0 Å². The van der Waals surface area contributed by atoms with Gasteiger partial charge in [-0.3, -0.25) is 0 Å². The van der Waals surface area contributed by atoms with Crippen LogP contribution in [0, 0.1) is 11.8 Å². The topological polar surface area (TPSA) is 68.2 Å². The summed E-state index contributed by atoms with van der Waals surface area (Å²) < 4.78 is 0. The fourth-order valence-corrected chi connectivity index (χ4v) is 2.54. The van der Waals surface area contributed by atoms with Gasteiger partial charge in [0.1, 0.15) is 11.6 Å². The highest BCUT2D eigenvalue weighted by molar-refractivity contribution is 5.62. The number of nitrogens with two attached hydrogens (primary N) is 2. The van der Waals surface area contributed by atoms with Gasteiger partial charge in [0, 0.05) is 13.1 Å². The molecule has 0 aromatic carbocycles. The van der Waals surface area contributed by atoms with E-state index in [9.17, 15) is 0 Å². The van der Waals surface area contributed by atoms with Crippen LogP contribution >= 0.6 is 0 Å². The van der Waals surface area contributed by atoms with E-state index in [-0.39, 0.29) is 0 Å². The van der Waals surface area contributed by atoms with Crippen LogP contribution in [-0.4, -0.2) is 18.1 Å². The molecular weight excluding hydrogens is 224 g/mol. The molecule has 0 radical (unpaired) electrons. The Morgan fingerprint density at radius 2 is 2.11 bits per heavy atom. The zero-order valence-corrected chi connectivity index (χ0v) is 11.4. The van der Waals surface area contributed by atoms with Crippen molar-refractivity contribution in [2.45, 2.75) is 33.1 Å². The highest BCUT2D eigenvalue weighted by Gasteiger charge is 2.25. The van der Waals surface area contributed by atoms with Gasteiger partial charge in [-0.25, -0.2) is 4.98 Å². The molecule has 1 saturated carbocycles. The number of nitrogen functional groups attached to an aromatic ring is 2. The van der Waals surface area contributed by atoms with Crippen molar-refractivity contribution < 1.29 is 0 Å². The summed E-state index contributed by atoms with van der Waals surface area (Å²) in [4.78, 5) is 6.67. The van der Waals surface area contributed by atoms with Crippen molar-refractivity contribution in [3.05, 3.63) is 12.1 Å². The van der Waals surface area contributed by atoms with Crippen LogP contribution in [0.3, 0.4) is 0 Å². The number of nitrogens with zero attached hydrogens (tertiary/aromatic N) is 2. The van der Waals surface area contributed by atoms with Crippen LogP contribution in [0.15, 0.2) is 12.1 Å². The molecule has 0 amide bonds. The van der Waals surface area contributed by atoms with Gasteiger partial charge in [-0.05, 0) is 30.9 Å². The quantitative estimate of drug-likeness (QED) is 0.840. The van der Waals surface area contributed by atoms with Gasteiger partial charge < -0.3 is 16.4 Å². The average Bonchev–Trinajstić information content (AvgIpc) is 2.27. The van der Waals surface area contributed by atoms with E-state index in [2.05, 4.69) is 23.7 Å². The second kappa shape index (κ2) is 5.46. The Kier molecular flexibility index (Phi) is 3.94. The summed E-state index contributed by atoms with van der Waals surface area (Å²) in [5, 5.41) is 0. The molecule has 4 N–H and O–H groups in total. The van der Waals surface area contributed by atoms with E-state index in [1.165, 1.54) is 19.3 Å². The fraction of sp³-hybridized carbons (Fsp3) is 0.643. The Morgan fingerprint density at radius 3 is 2.61 bits per heavy atom. The Labute approximate surface area is 109 Å². The third-order valence-electron chi connectivity index (χ3n) is 4.11. The van der Waals surface area contributed by atoms with Gasteiger partial charge >= 0.3 is 0 Å². The molecule has 0 saturated heterocycles. The van der Waals surface area contributed by atoms with Crippen molar-refractivity contribution in [1.82, 2.24) is 4.98 Å². The van der Waals surface area contributed by atoms with Gasteiger partial charge in [-0.1, -0.05) is 26.2 Å². The summed E-state index contributed by atoms with van der Waals surface area (Å²) in [6.45, 7) is 6.50. The lowest BCUT2D eigenvalue weighted by molar-refractivity contribution is 0.223. The summed E-state index contributed by atoms with van der Waals surface area (Å²) in [5.41, 5.74) is 12.0. The molecule has 1 heterocycles. The molecule has 1 aliphatic rings. The van der Waals surface area contributed by atoms with Gasteiger partial charge in [0.05, 0.1) is 5.69 Å². The number of hydrogen-bond donors (Lipinski definition) is 2. The second-order valence-corrected chi connectivity index (χ2v) is 5.35. The number of anilines is 3. The normalized spacial score (nSPS) is 17.2. The molecule has 0 bridgehead atoms. The molecule has 4 nitrogen and oxygen atoms in total. The van der Waals surface area contributed by atoms with Crippen LogP contribution in [-0.2, 0) is 0 Å². The van der Waals surface area contributed by atoms with Gasteiger partial charge in [0.25, 0.3) is 0 Å². The average molecular weight is 248 g/mol. The summed E-state index contributed by atoms with van der Waals surface area (Å²) >= 11 is 0. The van der Waals surface area contributed by atoms with Crippen molar-refractivity contribution in [3.63, 3.8) is 0 Å². The largest absolute Gasteiger partial charge is 0.396 e. The van der Waals surface area contributed by atoms with Crippen LogP contribution in [0.4, 0.5) is 17.3 Å². The summed E-state index contributed by atoms with van der Waals surface area (Å²) in [6, 6.07) is 3.80. The summed E-state index contributed by atoms with van der Waals surface area (Å²) in [7, 11) is 0. The van der Waals surface area contributed by atoms with E-state index in [4.69, 9.17) is 11.5 Å². The molecule has 1 aliphatic carbocycles. The highest BCUT2D eigenvalue weighted by atomic mass is 15.2. The van der Waals surface area contributed by atoms with Crippen LogP contribution in [0.2, 0.25) is 0 Å². The first-order valence-corrected chi connectivity index (χ1v) is 6.88. The predicted molar refractivity (Wildman–Crippen MR) is 77.5 cm³/mol. The molecule has 1 aromatic rings. The molecule has 2 rings (SSSR count). The van der Waals surface area contributed by atoms with E-state index in [1.54, 1.807) is 0 Å². The van der Waals surface area contributed by atoms with Crippen LogP contribution in [0.1, 0.15) is 33.1 Å². The van der Waals surface area contributed by atoms with Crippen molar-refractivity contribution in [3.8, 4) is 0 Å². The molecule has 1 unspecified atom stereocenters. The lowest BCUT2D eigenvalue weighted by Crippen LogP contribution is -2.34. The molecule has 0 spiro atoms. The first-order valence-electron chi connectivity index (χ1n) is 6.88. The minimum Gasteiger partial charge on any atom is -0.396 e. The van der Waals surface area contributed by atoms with E-state index in [1.807, 2.05) is 12.1 Å². The van der Waals surface area contributed by atoms with Gasteiger partial charge in [0.2, 0.25) is 0 Å². The third-order valence-corrected chi connectivity index (χ3v) is 4.11. The molecule has 1 aromatic heterocycles. The van der Waals surface area contributed by atoms with Crippen LogP contribution < -0.4 is 16.4 Å². The first-order chi connectivity index (χ1) is 8.61. The maximum atomic E-state index is 5.78. The number of hydrogen-bond acceptors (Lipinski definition) is 4. The maximum Gasteiger partial charge on any atom is 0.149 e. The highest BCUT2D eigenvalue weighted by Crippen LogP contribution is 2.34. The summed E-state index contributed by atoms with van der Waals surface area (Å²) in [6.07, 6.45) is 4.17.